The molecule has 2 aromatic carbocycles. The van der Waals surface area contributed by atoms with Gasteiger partial charge in [-0.2, -0.15) is 0 Å². The van der Waals surface area contributed by atoms with Gasteiger partial charge < -0.3 is 9.32 Å². The van der Waals surface area contributed by atoms with Crippen molar-refractivity contribution in [3.8, 4) is 0 Å². The summed E-state index contributed by atoms with van der Waals surface area (Å²) in [7, 11) is -3.70. The first-order valence-electron chi connectivity index (χ1n) is 11.1. The standard InChI is InChI=1S/C25H26N2O4S/c28-25(27(20-12-13-20)24-9-3-6-18-5-1-2-8-23(18)24)19-10-14-22(15-11-19)32(29,30)26-17-21-7-4-16-31-21/h1-2,4-5,7-8,10-11,14-16,20,24,26H,3,6,9,12-13,17H2. The van der Waals surface area contributed by atoms with Crippen molar-refractivity contribution in [1.82, 2.24) is 9.62 Å². The lowest BCUT2D eigenvalue weighted by Gasteiger charge is -2.36. The third-order valence-corrected chi connectivity index (χ3v) is 7.69. The minimum atomic E-state index is -3.70. The van der Waals surface area contributed by atoms with Crippen molar-refractivity contribution in [2.75, 3.05) is 0 Å². The summed E-state index contributed by atoms with van der Waals surface area (Å²) >= 11 is 0. The largest absolute Gasteiger partial charge is 0.468 e. The number of rotatable bonds is 7. The Morgan fingerprint density at radius 2 is 1.78 bits per heavy atom. The summed E-state index contributed by atoms with van der Waals surface area (Å²) < 4.78 is 32.9. The summed E-state index contributed by atoms with van der Waals surface area (Å²) in [5.74, 6) is 0.509. The first-order chi connectivity index (χ1) is 15.5. The maximum absolute atomic E-state index is 13.5. The van der Waals surface area contributed by atoms with Crippen molar-refractivity contribution >= 4 is 15.9 Å². The molecule has 0 bridgehead atoms. The van der Waals surface area contributed by atoms with Gasteiger partial charge in [0, 0.05) is 11.6 Å². The predicted octanol–water partition coefficient (Wildman–Crippen LogP) is 4.44. The number of benzene rings is 2. The van der Waals surface area contributed by atoms with Crippen LogP contribution in [0.25, 0.3) is 0 Å². The Hall–Kier alpha value is -2.90. The molecule has 3 aromatic rings. The van der Waals surface area contributed by atoms with Crippen molar-refractivity contribution in [1.29, 1.82) is 0 Å². The number of nitrogens with zero attached hydrogens (tertiary/aromatic N) is 1. The first kappa shape index (κ1) is 21.0. The predicted molar refractivity (Wildman–Crippen MR) is 120 cm³/mol. The van der Waals surface area contributed by atoms with Crippen LogP contribution in [0.4, 0.5) is 0 Å². The molecule has 7 heteroatoms. The van der Waals surface area contributed by atoms with Gasteiger partial charge in [-0.25, -0.2) is 13.1 Å². The van der Waals surface area contributed by atoms with E-state index >= 15 is 0 Å². The van der Waals surface area contributed by atoms with Crippen LogP contribution in [0, 0.1) is 0 Å². The molecule has 0 saturated heterocycles. The van der Waals surface area contributed by atoms with Crippen molar-refractivity contribution < 1.29 is 17.6 Å². The van der Waals surface area contributed by atoms with Crippen LogP contribution in [0.5, 0.6) is 0 Å². The summed E-state index contributed by atoms with van der Waals surface area (Å²) in [6.07, 6.45) is 6.62. The molecule has 1 fully saturated rings. The lowest BCUT2D eigenvalue weighted by atomic mass is 9.86. The third kappa shape index (κ3) is 4.23. The number of carbonyl (C=O) groups excluding carboxylic acids is 1. The Morgan fingerprint density at radius 1 is 1.00 bits per heavy atom. The maximum Gasteiger partial charge on any atom is 0.254 e. The van der Waals surface area contributed by atoms with Gasteiger partial charge in [-0.1, -0.05) is 24.3 Å². The van der Waals surface area contributed by atoms with E-state index in [1.165, 1.54) is 29.5 Å². The molecule has 0 spiro atoms. The average Bonchev–Trinajstić information content (AvgIpc) is 3.51. The van der Waals surface area contributed by atoms with Crippen LogP contribution in [0.1, 0.15) is 59.0 Å². The van der Waals surface area contributed by atoms with E-state index < -0.39 is 10.0 Å². The van der Waals surface area contributed by atoms with E-state index in [1.807, 2.05) is 11.0 Å². The molecular formula is C25H26N2O4S. The highest BCUT2D eigenvalue weighted by Gasteiger charge is 2.39. The molecule has 166 valence electrons. The summed E-state index contributed by atoms with van der Waals surface area (Å²) in [5, 5.41) is 0. The monoisotopic (exact) mass is 450 g/mol. The Morgan fingerprint density at radius 3 is 2.50 bits per heavy atom. The Balaban J connectivity index is 1.36. The Labute approximate surface area is 188 Å². The van der Waals surface area contributed by atoms with Crippen LogP contribution in [-0.4, -0.2) is 25.3 Å². The lowest BCUT2D eigenvalue weighted by molar-refractivity contribution is 0.0638. The fourth-order valence-electron chi connectivity index (χ4n) is 4.52. The molecule has 0 radical (unpaired) electrons. The lowest BCUT2D eigenvalue weighted by Crippen LogP contribution is -2.38. The molecule has 0 aliphatic heterocycles. The van der Waals surface area contributed by atoms with Crippen molar-refractivity contribution in [2.24, 2.45) is 0 Å². The molecule has 1 N–H and O–H groups in total. The molecule has 2 aliphatic rings. The van der Waals surface area contributed by atoms with Crippen molar-refractivity contribution in [3.63, 3.8) is 0 Å². The minimum absolute atomic E-state index is 0.0262. The Kier molecular flexibility index (Phi) is 5.61. The second-order valence-electron chi connectivity index (χ2n) is 8.48. The van der Waals surface area contributed by atoms with Crippen LogP contribution in [-0.2, 0) is 23.0 Å². The molecule has 2 aliphatic carbocycles. The van der Waals surface area contributed by atoms with Gasteiger partial charge in [0.1, 0.15) is 5.76 Å². The van der Waals surface area contributed by atoms with Gasteiger partial charge in [0.05, 0.1) is 23.7 Å². The quantitative estimate of drug-likeness (QED) is 0.577. The second kappa shape index (κ2) is 8.56. The highest BCUT2D eigenvalue weighted by molar-refractivity contribution is 7.89. The molecule has 1 atom stereocenters. The number of hydrogen-bond donors (Lipinski definition) is 1. The number of aryl methyl sites for hydroxylation is 1. The summed E-state index contributed by atoms with van der Waals surface area (Å²) in [4.78, 5) is 15.7. The number of sulfonamides is 1. The summed E-state index contributed by atoms with van der Waals surface area (Å²) in [6.45, 7) is 0.0760. The van der Waals surface area contributed by atoms with Crippen LogP contribution >= 0.6 is 0 Å². The molecule has 1 aromatic heterocycles. The van der Waals surface area contributed by atoms with E-state index in [0.29, 0.717) is 11.3 Å². The normalized spacial score (nSPS) is 18.2. The van der Waals surface area contributed by atoms with Crippen LogP contribution < -0.4 is 4.72 Å². The van der Waals surface area contributed by atoms with Gasteiger partial charge in [-0.3, -0.25) is 4.79 Å². The number of furan rings is 1. The molecular weight excluding hydrogens is 424 g/mol. The van der Waals surface area contributed by atoms with Gasteiger partial charge in [0.25, 0.3) is 5.91 Å². The average molecular weight is 451 g/mol. The van der Waals surface area contributed by atoms with E-state index in [-0.39, 0.29) is 29.4 Å². The summed E-state index contributed by atoms with van der Waals surface area (Å²) in [6, 6.07) is 18.4. The highest BCUT2D eigenvalue weighted by atomic mass is 32.2. The number of fused-ring (bicyclic) bond motifs is 1. The minimum Gasteiger partial charge on any atom is -0.468 e. The van der Waals surface area contributed by atoms with Gasteiger partial charge in [-0.15, -0.1) is 0 Å². The number of amides is 1. The van der Waals surface area contributed by atoms with E-state index in [2.05, 4.69) is 22.9 Å². The van der Waals surface area contributed by atoms with Gasteiger partial charge in [-0.05, 0) is 79.6 Å². The highest BCUT2D eigenvalue weighted by Crippen LogP contribution is 2.41. The van der Waals surface area contributed by atoms with Gasteiger partial charge in [0.15, 0.2) is 0 Å². The fraction of sp³-hybridized carbons (Fsp3) is 0.320. The number of nitrogens with one attached hydrogen (secondary N) is 1. The van der Waals surface area contributed by atoms with E-state index in [0.717, 1.165) is 32.1 Å². The van der Waals surface area contributed by atoms with Crippen molar-refractivity contribution in [2.45, 2.75) is 55.6 Å². The zero-order chi connectivity index (χ0) is 22.1. The topological polar surface area (TPSA) is 79.6 Å². The Bertz CT molecular complexity index is 1200. The fourth-order valence-corrected chi connectivity index (χ4v) is 5.51. The van der Waals surface area contributed by atoms with Gasteiger partial charge >= 0.3 is 0 Å². The maximum atomic E-state index is 13.5. The SMILES string of the molecule is O=C(c1ccc(S(=O)(=O)NCc2ccco2)cc1)N(C1CC1)C1CCCc2ccccc21. The molecule has 32 heavy (non-hydrogen) atoms. The van der Waals surface area contributed by atoms with Crippen LogP contribution in [0.2, 0.25) is 0 Å². The number of carbonyl (C=O) groups is 1. The molecule has 5 rings (SSSR count). The molecule has 6 nitrogen and oxygen atoms in total. The van der Waals surface area contributed by atoms with Crippen LogP contribution in [0.15, 0.2) is 76.2 Å². The molecule has 1 unspecified atom stereocenters. The number of hydrogen-bond acceptors (Lipinski definition) is 4. The van der Waals surface area contributed by atoms with E-state index in [1.54, 1.807) is 24.3 Å². The second-order valence-corrected chi connectivity index (χ2v) is 10.2. The van der Waals surface area contributed by atoms with Crippen LogP contribution in [0.3, 0.4) is 0 Å². The first-order valence-corrected chi connectivity index (χ1v) is 12.5. The smallest absolute Gasteiger partial charge is 0.254 e. The molecule has 1 heterocycles. The van der Waals surface area contributed by atoms with E-state index in [9.17, 15) is 13.2 Å². The zero-order valence-corrected chi connectivity index (χ0v) is 18.6. The van der Waals surface area contributed by atoms with E-state index in [4.69, 9.17) is 4.42 Å². The third-order valence-electron chi connectivity index (χ3n) is 6.28. The van der Waals surface area contributed by atoms with Crippen molar-refractivity contribution in [3.05, 3.63) is 89.4 Å². The molecule has 1 amide bonds. The molecule has 1 saturated carbocycles. The summed E-state index contributed by atoms with van der Waals surface area (Å²) in [5.41, 5.74) is 3.09. The van der Waals surface area contributed by atoms with Gasteiger partial charge in [0.2, 0.25) is 10.0 Å². The zero-order valence-electron chi connectivity index (χ0n) is 17.7.